The molecule has 1 N–H and O–H groups in total. The van der Waals surface area contributed by atoms with Crippen molar-refractivity contribution in [1.82, 2.24) is 24.5 Å². The van der Waals surface area contributed by atoms with Gasteiger partial charge in [-0.1, -0.05) is 53.7 Å². The minimum atomic E-state index is -0.154. The number of carbonyl (C=O) groups is 1. The molecule has 0 radical (unpaired) electrons. The van der Waals surface area contributed by atoms with Gasteiger partial charge in [-0.3, -0.25) is 9.36 Å². The van der Waals surface area contributed by atoms with E-state index in [1.807, 2.05) is 60.9 Å². The number of carbonyl (C=O) groups excluding carboxylic acids is 1. The van der Waals surface area contributed by atoms with E-state index in [0.717, 1.165) is 5.69 Å². The summed E-state index contributed by atoms with van der Waals surface area (Å²) in [6.45, 7) is 4.18. The van der Waals surface area contributed by atoms with Gasteiger partial charge in [-0.2, -0.15) is 5.10 Å². The highest BCUT2D eigenvalue weighted by Gasteiger charge is 2.17. The number of nitrogens with one attached hydrogen (secondary N) is 1. The summed E-state index contributed by atoms with van der Waals surface area (Å²) in [6.07, 6.45) is 1.67. The fraction of sp³-hybridized carbons (Fsp3) is 0.217. The smallest absolute Gasteiger partial charge is 0.235 e. The SMILES string of the molecule is CC(C)n1nccc1NC(=O)CSc1nnc(COc2ccccc2Cl)n1-c1ccccc1. The van der Waals surface area contributed by atoms with Crippen molar-refractivity contribution in [2.75, 3.05) is 11.1 Å². The number of anilines is 1. The maximum atomic E-state index is 12.6. The number of hydrogen-bond acceptors (Lipinski definition) is 6. The number of amides is 1. The Bertz CT molecular complexity index is 1220. The molecule has 10 heteroatoms. The van der Waals surface area contributed by atoms with Gasteiger partial charge in [0.15, 0.2) is 11.0 Å². The largest absolute Gasteiger partial charge is 0.484 e. The summed E-state index contributed by atoms with van der Waals surface area (Å²) in [6, 6.07) is 18.9. The predicted octanol–water partition coefficient (Wildman–Crippen LogP) is 5.01. The van der Waals surface area contributed by atoms with Gasteiger partial charge in [0.1, 0.15) is 18.2 Å². The molecule has 0 aliphatic heterocycles. The molecule has 4 aromatic rings. The predicted molar refractivity (Wildman–Crippen MR) is 129 cm³/mol. The first-order chi connectivity index (χ1) is 16.0. The molecule has 0 aliphatic rings. The molecule has 4 rings (SSSR count). The summed E-state index contributed by atoms with van der Waals surface area (Å²) in [5.41, 5.74) is 0.876. The zero-order valence-corrected chi connectivity index (χ0v) is 19.8. The standard InChI is InChI=1S/C23H23ClN6O2S/c1-16(2)30-20(12-13-25-30)26-22(31)15-33-23-28-27-21(29(23)17-8-4-3-5-9-17)14-32-19-11-7-6-10-18(19)24/h3-13,16H,14-15H2,1-2H3,(H,26,31). The summed E-state index contributed by atoms with van der Waals surface area (Å²) in [7, 11) is 0. The van der Waals surface area contributed by atoms with Gasteiger partial charge in [-0.15, -0.1) is 10.2 Å². The highest BCUT2D eigenvalue weighted by Crippen LogP contribution is 2.26. The molecule has 0 saturated heterocycles. The molecule has 0 saturated carbocycles. The lowest BCUT2D eigenvalue weighted by Crippen LogP contribution is -2.18. The number of thioether (sulfide) groups is 1. The van der Waals surface area contributed by atoms with Crippen molar-refractivity contribution in [2.24, 2.45) is 0 Å². The van der Waals surface area contributed by atoms with Crippen molar-refractivity contribution in [3.8, 4) is 11.4 Å². The number of aromatic nitrogens is 5. The van der Waals surface area contributed by atoms with Crippen LogP contribution in [0.3, 0.4) is 0 Å². The summed E-state index contributed by atoms with van der Waals surface area (Å²) in [5, 5.41) is 16.9. The second kappa shape index (κ2) is 10.5. The summed E-state index contributed by atoms with van der Waals surface area (Å²) < 4.78 is 9.52. The Morgan fingerprint density at radius 1 is 1.09 bits per heavy atom. The van der Waals surface area contributed by atoms with Gasteiger partial charge >= 0.3 is 0 Å². The molecule has 0 unspecified atom stereocenters. The van der Waals surface area contributed by atoms with Crippen LogP contribution in [0.5, 0.6) is 5.75 Å². The molecule has 8 nitrogen and oxygen atoms in total. The Kier molecular flexibility index (Phi) is 7.31. The average Bonchev–Trinajstić information content (AvgIpc) is 3.44. The van der Waals surface area contributed by atoms with Crippen molar-refractivity contribution in [3.05, 3.63) is 77.7 Å². The van der Waals surface area contributed by atoms with Crippen molar-refractivity contribution in [3.63, 3.8) is 0 Å². The fourth-order valence-electron chi connectivity index (χ4n) is 3.16. The molecule has 0 bridgehead atoms. The first-order valence-electron chi connectivity index (χ1n) is 10.4. The summed E-state index contributed by atoms with van der Waals surface area (Å²) in [4.78, 5) is 12.6. The molecular formula is C23H23ClN6O2S. The van der Waals surface area contributed by atoms with Gasteiger partial charge in [0, 0.05) is 17.8 Å². The normalized spacial score (nSPS) is 11.0. The third-order valence-corrected chi connectivity index (χ3v) is 5.91. The molecule has 170 valence electrons. The van der Waals surface area contributed by atoms with E-state index in [-0.39, 0.29) is 24.3 Å². The van der Waals surface area contributed by atoms with Crippen molar-refractivity contribution in [1.29, 1.82) is 0 Å². The van der Waals surface area contributed by atoms with Crippen LogP contribution >= 0.6 is 23.4 Å². The lowest BCUT2D eigenvalue weighted by Gasteiger charge is -2.13. The molecular weight excluding hydrogens is 460 g/mol. The van der Waals surface area contributed by atoms with Crippen LogP contribution in [-0.2, 0) is 11.4 Å². The number of rotatable bonds is 9. The maximum Gasteiger partial charge on any atom is 0.235 e. The van der Waals surface area contributed by atoms with E-state index in [9.17, 15) is 4.79 Å². The molecule has 0 spiro atoms. The van der Waals surface area contributed by atoms with Crippen molar-refractivity contribution in [2.45, 2.75) is 31.7 Å². The monoisotopic (exact) mass is 482 g/mol. The van der Waals surface area contributed by atoms with Crippen LogP contribution in [0.2, 0.25) is 5.02 Å². The number of para-hydroxylation sites is 2. The molecule has 2 heterocycles. The number of halogens is 1. The topological polar surface area (TPSA) is 86.9 Å². The maximum absolute atomic E-state index is 12.6. The van der Waals surface area contributed by atoms with Crippen LogP contribution in [0, 0.1) is 0 Å². The number of hydrogen-bond donors (Lipinski definition) is 1. The van der Waals surface area contributed by atoms with E-state index < -0.39 is 0 Å². The zero-order chi connectivity index (χ0) is 23.2. The van der Waals surface area contributed by atoms with Gasteiger partial charge in [0.2, 0.25) is 5.91 Å². The highest BCUT2D eigenvalue weighted by molar-refractivity contribution is 7.99. The van der Waals surface area contributed by atoms with Gasteiger partial charge in [0.25, 0.3) is 0 Å². The van der Waals surface area contributed by atoms with Crippen LogP contribution in [0.25, 0.3) is 5.69 Å². The van der Waals surface area contributed by atoms with Gasteiger partial charge in [0.05, 0.1) is 17.0 Å². The van der Waals surface area contributed by atoms with E-state index in [1.54, 1.807) is 29.1 Å². The number of ether oxygens (including phenoxy) is 1. The average molecular weight is 483 g/mol. The number of benzene rings is 2. The Morgan fingerprint density at radius 2 is 1.85 bits per heavy atom. The Hall–Kier alpha value is -3.30. The van der Waals surface area contributed by atoms with Crippen LogP contribution in [0.4, 0.5) is 5.82 Å². The lowest BCUT2D eigenvalue weighted by atomic mass is 10.3. The second-order valence-corrected chi connectivity index (χ2v) is 8.73. The quantitative estimate of drug-likeness (QED) is 0.337. The molecule has 0 aliphatic carbocycles. The van der Waals surface area contributed by atoms with Crippen LogP contribution in [0.15, 0.2) is 72.0 Å². The van der Waals surface area contributed by atoms with Gasteiger partial charge < -0.3 is 10.1 Å². The molecule has 2 aromatic carbocycles. The van der Waals surface area contributed by atoms with Gasteiger partial charge in [-0.25, -0.2) is 4.68 Å². The minimum absolute atomic E-state index is 0.143. The van der Waals surface area contributed by atoms with Crippen LogP contribution in [-0.4, -0.2) is 36.2 Å². The Morgan fingerprint density at radius 3 is 2.61 bits per heavy atom. The lowest BCUT2D eigenvalue weighted by molar-refractivity contribution is -0.113. The van der Waals surface area contributed by atoms with E-state index in [4.69, 9.17) is 16.3 Å². The molecule has 33 heavy (non-hydrogen) atoms. The van der Waals surface area contributed by atoms with Crippen LogP contribution < -0.4 is 10.1 Å². The Balaban J connectivity index is 1.50. The molecule has 0 fully saturated rings. The van der Waals surface area contributed by atoms with Crippen molar-refractivity contribution < 1.29 is 9.53 Å². The molecule has 2 aromatic heterocycles. The first kappa shape index (κ1) is 22.9. The first-order valence-corrected chi connectivity index (χ1v) is 11.7. The van der Waals surface area contributed by atoms with E-state index in [1.165, 1.54) is 11.8 Å². The van der Waals surface area contributed by atoms with Gasteiger partial charge in [-0.05, 0) is 38.1 Å². The summed E-state index contributed by atoms with van der Waals surface area (Å²) >= 11 is 7.50. The van der Waals surface area contributed by atoms with Crippen molar-refractivity contribution >= 4 is 35.1 Å². The number of nitrogens with zero attached hydrogens (tertiary/aromatic N) is 5. The third-order valence-electron chi connectivity index (χ3n) is 4.67. The highest BCUT2D eigenvalue weighted by atomic mass is 35.5. The molecule has 0 atom stereocenters. The molecule has 1 amide bonds. The second-order valence-electron chi connectivity index (χ2n) is 7.38. The fourth-order valence-corrected chi connectivity index (χ4v) is 4.12. The van der Waals surface area contributed by atoms with Crippen LogP contribution in [0.1, 0.15) is 25.7 Å². The third kappa shape index (κ3) is 5.55. The van der Waals surface area contributed by atoms with E-state index in [0.29, 0.717) is 27.6 Å². The van der Waals surface area contributed by atoms with E-state index in [2.05, 4.69) is 20.6 Å². The van der Waals surface area contributed by atoms with E-state index >= 15 is 0 Å². The minimum Gasteiger partial charge on any atom is -0.484 e. The Labute approximate surface area is 200 Å². The summed E-state index contributed by atoms with van der Waals surface area (Å²) in [5.74, 6) is 1.84. The zero-order valence-electron chi connectivity index (χ0n) is 18.2.